The molecular formula is C21H25N3O3S. The average Bonchev–Trinajstić information content (AvgIpc) is 2.61. The second-order valence-electron chi connectivity index (χ2n) is 7.09. The Morgan fingerprint density at radius 3 is 2.21 bits per heavy atom. The first kappa shape index (κ1) is 21.4. The molecule has 28 heavy (non-hydrogen) atoms. The molecule has 7 heteroatoms. The topological polar surface area (TPSA) is 79.5 Å². The molecule has 0 aliphatic carbocycles. The molecule has 2 aromatic carbocycles. The third-order valence-corrected chi connectivity index (χ3v) is 3.77. The van der Waals surface area contributed by atoms with Crippen molar-refractivity contribution in [3.63, 3.8) is 0 Å². The van der Waals surface area contributed by atoms with Crippen molar-refractivity contribution >= 4 is 34.8 Å². The molecule has 0 radical (unpaired) electrons. The van der Waals surface area contributed by atoms with Crippen LogP contribution in [0.3, 0.4) is 0 Å². The number of anilines is 1. The summed E-state index contributed by atoms with van der Waals surface area (Å²) in [6.07, 6.45) is 0. The zero-order valence-electron chi connectivity index (χ0n) is 16.5. The lowest BCUT2D eigenvalue weighted by Crippen LogP contribution is -2.41. The fourth-order valence-corrected chi connectivity index (χ4v) is 2.66. The van der Waals surface area contributed by atoms with Crippen molar-refractivity contribution in [1.82, 2.24) is 10.6 Å². The van der Waals surface area contributed by atoms with Crippen LogP contribution in [0.1, 0.15) is 48.4 Å². The predicted octanol–water partition coefficient (Wildman–Crippen LogP) is 3.74. The molecule has 0 saturated heterocycles. The molecule has 2 amide bonds. The number of amides is 2. The van der Waals surface area contributed by atoms with Gasteiger partial charge in [0.15, 0.2) is 5.11 Å². The van der Waals surface area contributed by atoms with Gasteiger partial charge in [0.25, 0.3) is 11.8 Å². The van der Waals surface area contributed by atoms with E-state index in [9.17, 15) is 9.59 Å². The smallest absolute Gasteiger partial charge is 0.261 e. The number of rotatable bonds is 5. The molecule has 0 saturated carbocycles. The van der Waals surface area contributed by atoms with Gasteiger partial charge in [-0.2, -0.15) is 0 Å². The van der Waals surface area contributed by atoms with Gasteiger partial charge in [0.2, 0.25) is 0 Å². The van der Waals surface area contributed by atoms with Crippen molar-refractivity contribution in [2.45, 2.75) is 33.2 Å². The second-order valence-corrected chi connectivity index (χ2v) is 7.50. The minimum absolute atomic E-state index is 0.0901. The molecule has 3 N–H and O–H groups in total. The maximum atomic E-state index is 12.5. The molecule has 0 heterocycles. The van der Waals surface area contributed by atoms with Crippen molar-refractivity contribution in [1.29, 1.82) is 0 Å². The van der Waals surface area contributed by atoms with Crippen LogP contribution in [0, 0.1) is 0 Å². The summed E-state index contributed by atoms with van der Waals surface area (Å²) >= 11 is 5.26. The van der Waals surface area contributed by atoms with Gasteiger partial charge in [0.05, 0.1) is 23.4 Å². The number of benzene rings is 2. The Morgan fingerprint density at radius 1 is 0.964 bits per heavy atom. The lowest BCUT2D eigenvalue weighted by molar-refractivity contribution is 0.0919. The van der Waals surface area contributed by atoms with E-state index in [1.165, 1.54) is 0 Å². The minimum Gasteiger partial charge on any atom is -0.493 e. The molecule has 2 rings (SSSR count). The second kappa shape index (κ2) is 9.32. The number of carbonyl (C=O) groups is 2. The number of hydrogen-bond donors (Lipinski definition) is 3. The van der Waals surface area contributed by atoms with Gasteiger partial charge in [-0.25, -0.2) is 0 Å². The Balaban J connectivity index is 2.12. The summed E-state index contributed by atoms with van der Waals surface area (Å²) in [4.78, 5) is 25.1. The lowest BCUT2D eigenvalue weighted by Gasteiger charge is -2.22. The Hall–Kier alpha value is -2.93. The highest BCUT2D eigenvalue weighted by molar-refractivity contribution is 7.80. The Morgan fingerprint density at radius 2 is 1.57 bits per heavy atom. The number of ether oxygens (including phenoxy) is 1. The molecule has 6 nitrogen and oxygen atoms in total. The van der Waals surface area contributed by atoms with Gasteiger partial charge >= 0.3 is 0 Å². The molecule has 0 aromatic heterocycles. The van der Waals surface area contributed by atoms with Crippen molar-refractivity contribution < 1.29 is 14.3 Å². The standard InChI is InChI=1S/C21H25N3O3S/c1-5-27-17-13-9-7-11-15(17)18(25)23-20(28)22-16-12-8-6-10-14(16)19(26)24-21(2,3)4/h6-13H,5H2,1-4H3,(H,24,26)(H2,22,23,25,28). The molecule has 0 aliphatic rings. The molecule has 0 fully saturated rings. The predicted molar refractivity (Wildman–Crippen MR) is 115 cm³/mol. The highest BCUT2D eigenvalue weighted by Gasteiger charge is 2.19. The summed E-state index contributed by atoms with van der Waals surface area (Å²) in [5.41, 5.74) is 0.950. The van der Waals surface area contributed by atoms with Gasteiger partial charge in [-0.1, -0.05) is 24.3 Å². The van der Waals surface area contributed by atoms with Gasteiger partial charge in [-0.15, -0.1) is 0 Å². The van der Waals surface area contributed by atoms with Crippen LogP contribution in [-0.4, -0.2) is 29.1 Å². The maximum absolute atomic E-state index is 12.5. The quantitative estimate of drug-likeness (QED) is 0.668. The van der Waals surface area contributed by atoms with E-state index in [4.69, 9.17) is 17.0 Å². The fraction of sp³-hybridized carbons (Fsp3) is 0.286. The Labute approximate surface area is 170 Å². The number of para-hydroxylation sites is 2. The summed E-state index contributed by atoms with van der Waals surface area (Å²) in [5.74, 6) is -0.139. The van der Waals surface area contributed by atoms with Gasteiger partial charge in [-0.3, -0.25) is 14.9 Å². The zero-order valence-corrected chi connectivity index (χ0v) is 17.3. The number of thiocarbonyl (C=S) groups is 1. The van der Waals surface area contributed by atoms with E-state index in [1.54, 1.807) is 48.5 Å². The molecule has 0 bridgehead atoms. The molecule has 0 atom stereocenters. The molecular weight excluding hydrogens is 374 g/mol. The summed E-state index contributed by atoms with van der Waals surface area (Å²) in [5, 5.41) is 8.56. The van der Waals surface area contributed by atoms with Gasteiger partial charge in [0.1, 0.15) is 5.75 Å². The highest BCUT2D eigenvalue weighted by atomic mass is 32.1. The first-order valence-corrected chi connectivity index (χ1v) is 9.38. The van der Waals surface area contributed by atoms with E-state index >= 15 is 0 Å². The van der Waals surface area contributed by atoms with Crippen LogP contribution >= 0.6 is 12.2 Å². The average molecular weight is 400 g/mol. The molecule has 0 spiro atoms. The monoisotopic (exact) mass is 399 g/mol. The SMILES string of the molecule is CCOc1ccccc1C(=O)NC(=S)Nc1ccccc1C(=O)NC(C)(C)C. The van der Waals surface area contributed by atoms with Gasteiger partial charge in [-0.05, 0) is 64.2 Å². The largest absolute Gasteiger partial charge is 0.493 e. The maximum Gasteiger partial charge on any atom is 0.261 e. The Bertz CT molecular complexity index is 875. The van der Waals surface area contributed by atoms with E-state index in [2.05, 4.69) is 16.0 Å². The number of carbonyl (C=O) groups excluding carboxylic acids is 2. The van der Waals surface area contributed by atoms with Crippen LogP contribution in [0.2, 0.25) is 0 Å². The third kappa shape index (κ3) is 6.06. The summed E-state index contributed by atoms with van der Waals surface area (Å²) in [7, 11) is 0. The van der Waals surface area contributed by atoms with E-state index in [0.717, 1.165) is 0 Å². The van der Waals surface area contributed by atoms with Crippen LogP contribution in [-0.2, 0) is 0 Å². The van der Waals surface area contributed by atoms with E-state index in [-0.39, 0.29) is 16.6 Å². The van der Waals surface area contributed by atoms with E-state index in [0.29, 0.717) is 29.2 Å². The van der Waals surface area contributed by atoms with Crippen LogP contribution < -0.4 is 20.7 Å². The highest BCUT2D eigenvalue weighted by Crippen LogP contribution is 2.19. The van der Waals surface area contributed by atoms with E-state index < -0.39 is 5.91 Å². The first-order valence-electron chi connectivity index (χ1n) is 8.97. The van der Waals surface area contributed by atoms with Crippen molar-refractivity contribution in [3.05, 3.63) is 59.7 Å². The zero-order chi connectivity index (χ0) is 20.7. The molecule has 148 valence electrons. The van der Waals surface area contributed by atoms with E-state index in [1.807, 2.05) is 27.7 Å². The number of hydrogen-bond acceptors (Lipinski definition) is 4. The minimum atomic E-state index is -0.391. The molecule has 0 aliphatic heterocycles. The van der Waals surface area contributed by atoms with Crippen LogP contribution in [0.5, 0.6) is 5.75 Å². The van der Waals surface area contributed by atoms with Crippen LogP contribution in [0.15, 0.2) is 48.5 Å². The van der Waals surface area contributed by atoms with Gasteiger partial charge < -0.3 is 15.4 Å². The van der Waals surface area contributed by atoms with Crippen molar-refractivity contribution in [2.75, 3.05) is 11.9 Å². The summed E-state index contributed by atoms with van der Waals surface area (Å²) in [6, 6.07) is 13.9. The van der Waals surface area contributed by atoms with Crippen LogP contribution in [0.25, 0.3) is 0 Å². The molecule has 2 aromatic rings. The van der Waals surface area contributed by atoms with Crippen molar-refractivity contribution in [2.24, 2.45) is 0 Å². The van der Waals surface area contributed by atoms with Gasteiger partial charge in [0, 0.05) is 5.54 Å². The van der Waals surface area contributed by atoms with Crippen molar-refractivity contribution in [3.8, 4) is 5.75 Å². The van der Waals surface area contributed by atoms with Crippen LogP contribution in [0.4, 0.5) is 5.69 Å². The first-order chi connectivity index (χ1) is 13.2. The summed E-state index contributed by atoms with van der Waals surface area (Å²) in [6.45, 7) is 8.01. The third-order valence-electron chi connectivity index (χ3n) is 3.57. The Kier molecular flexibility index (Phi) is 7.12. The molecule has 0 unspecified atom stereocenters. The lowest BCUT2D eigenvalue weighted by atomic mass is 10.1. The number of nitrogens with one attached hydrogen (secondary N) is 3. The summed E-state index contributed by atoms with van der Waals surface area (Å²) < 4.78 is 5.48. The normalized spacial score (nSPS) is 10.7. The fourth-order valence-electron chi connectivity index (χ4n) is 2.46.